The maximum absolute atomic E-state index is 12.4. The van der Waals surface area contributed by atoms with E-state index in [1.165, 1.54) is 26.3 Å². The van der Waals surface area contributed by atoms with Crippen LogP contribution in [0.3, 0.4) is 0 Å². The fourth-order valence-corrected chi connectivity index (χ4v) is 2.66. The van der Waals surface area contributed by atoms with Crippen molar-refractivity contribution in [2.24, 2.45) is 0 Å². The topological polar surface area (TPSA) is 90.3 Å². The number of anilines is 1. The molecule has 27 heavy (non-hydrogen) atoms. The summed E-state index contributed by atoms with van der Waals surface area (Å²) >= 11 is 0. The van der Waals surface area contributed by atoms with Gasteiger partial charge in [-0.25, -0.2) is 4.79 Å². The van der Waals surface area contributed by atoms with Crippen molar-refractivity contribution in [2.45, 2.75) is 6.92 Å². The molecule has 1 aromatic carbocycles. The number of pyridine rings is 2. The summed E-state index contributed by atoms with van der Waals surface area (Å²) in [7, 11) is 1.23. The van der Waals surface area contributed by atoms with Crippen LogP contribution in [-0.2, 0) is 9.53 Å². The Balaban J connectivity index is 2.16. The number of hydrogen-bond acceptors (Lipinski definition) is 5. The molecule has 0 radical (unpaired) electrons. The summed E-state index contributed by atoms with van der Waals surface area (Å²) < 4.78 is 6.40. The van der Waals surface area contributed by atoms with Gasteiger partial charge >= 0.3 is 5.97 Å². The summed E-state index contributed by atoms with van der Waals surface area (Å²) in [5.74, 6) is -0.873. The van der Waals surface area contributed by atoms with Gasteiger partial charge in [0.15, 0.2) is 5.43 Å². The minimum Gasteiger partial charge on any atom is -0.465 e. The second kappa shape index (κ2) is 7.65. The van der Waals surface area contributed by atoms with E-state index >= 15 is 0 Å². The Morgan fingerprint density at radius 3 is 2.48 bits per heavy atom. The molecule has 0 saturated carbocycles. The summed E-state index contributed by atoms with van der Waals surface area (Å²) in [6, 6.07) is 12.0. The fraction of sp³-hybridized carbons (Fsp3) is 0.100. The molecule has 0 saturated heterocycles. The van der Waals surface area contributed by atoms with Crippen LogP contribution in [-0.4, -0.2) is 28.5 Å². The van der Waals surface area contributed by atoms with Crippen molar-refractivity contribution in [3.05, 3.63) is 76.8 Å². The first-order valence-electron chi connectivity index (χ1n) is 8.13. The molecule has 0 bridgehead atoms. The second-order valence-electron chi connectivity index (χ2n) is 5.77. The van der Waals surface area contributed by atoms with Crippen LogP contribution in [0.1, 0.15) is 17.3 Å². The molecule has 1 amide bonds. The summed E-state index contributed by atoms with van der Waals surface area (Å²) in [5, 5.41) is 2.69. The molecule has 0 fully saturated rings. The third-order valence-corrected chi connectivity index (χ3v) is 3.88. The number of nitrogens with zero attached hydrogens (tertiary/aromatic N) is 2. The summed E-state index contributed by atoms with van der Waals surface area (Å²) in [6.45, 7) is 1.43. The Hall–Kier alpha value is -3.74. The molecule has 2 heterocycles. The predicted octanol–water partition coefficient (Wildman–Crippen LogP) is 2.64. The van der Waals surface area contributed by atoms with Gasteiger partial charge in [0.25, 0.3) is 0 Å². The van der Waals surface area contributed by atoms with Gasteiger partial charge in [0.2, 0.25) is 5.91 Å². The van der Waals surface area contributed by atoms with Crippen LogP contribution in [0.25, 0.3) is 16.9 Å². The molecule has 7 nitrogen and oxygen atoms in total. The molecule has 0 spiro atoms. The Labute approximate surface area is 155 Å². The molecule has 1 N–H and O–H groups in total. The Kier molecular flexibility index (Phi) is 5.12. The molecule has 0 aliphatic heterocycles. The number of carbonyl (C=O) groups is 2. The molecular weight excluding hydrogens is 346 g/mol. The van der Waals surface area contributed by atoms with Crippen molar-refractivity contribution < 1.29 is 14.3 Å². The average Bonchev–Trinajstić information content (AvgIpc) is 2.68. The van der Waals surface area contributed by atoms with Gasteiger partial charge in [0.1, 0.15) is 5.56 Å². The van der Waals surface area contributed by atoms with Gasteiger partial charge in [0.05, 0.1) is 24.7 Å². The number of aromatic nitrogens is 2. The quantitative estimate of drug-likeness (QED) is 0.720. The first kappa shape index (κ1) is 18.1. The minimum absolute atomic E-state index is 0.0695. The fourth-order valence-electron chi connectivity index (χ4n) is 2.66. The van der Waals surface area contributed by atoms with Crippen molar-refractivity contribution in [3.63, 3.8) is 0 Å². The number of nitrogens with one attached hydrogen (secondary N) is 1. The van der Waals surface area contributed by atoms with Gasteiger partial charge in [-0.15, -0.1) is 0 Å². The highest BCUT2D eigenvalue weighted by Crippen LogP contribution is 2.24. The number of methoxy groups -OCH3 is 1. The third-order valence-electron chi connectivity index (χ3n) is 3.88. The standard InChI is InChI=1S/C20H17N3O4/c1-13(24)22-15-7-5-14(6-8-15)18-10-19(25)17(20(26)27-2)12-23(18)16-4-3-9-21-11-16/h3-12H,1-2H3,(H,22,24). The van der Waals surface area contributed by atoms with Gasteiger partial charge < -0.3 is 14.6 Å². The van der Waals surface area contributed by atoms with Gasteiger partial charge in [-0.2, -0.15) is 0 Å². The molecule has 0 aliphatic carbocycles. The smallest absolute Gasteiger partial charge is 0.343 e. The lowest BCUT2D eigenvalue weighted by Gasteiger charge is -2.15. The zero-order valence-corrected chi connectivity index (χ0v) is 14.8. The van der Waals surface area contributed by atoms with E-state index in [4.69, 9.17) is 4.74 Å². The summed E-state index contributed by atoms with van der Waals surface area (Å²) in [5.41, 5.74) is 2.13. The highest BCUT2D eigenvalue weighted by atomic mass is 16.5. The number of rotatable bonds is 4. The normalized spacial score (nSPS) is 10.3. The monoisotopic (exact) mass is 363 g/mol. The van der Waals surface area contributed by atoms with Gasteiger partial charge in [-0.1, -0.05) is 12.1 Å². The molecule has 3 aromatic rings. The third kappa shape index (κ3) is 3.92. The van der Waals surface area contributed by atoms with Crippen molar-refractivity contribution in [2.75, 3.05) is 12.4 Å². The molecule has 3 rings (SSSR count). The van der Waals surface area contributed by atoms with E-state index in [0.29, 0.717) is 17.1 Å². The second-order valence-corrected chi connectivity index (χ2v) is 5.77. The number of carbonyl (C=O) groups excluding carboxylic acids is 2. The maximum Gasteiger partial charge on any atom is 0.343 e. The lowest BCUT2D eigenvalue weighted by molar-refractivity contribution is -0.114. The van der Waals surface area contributed by atoms with Gasteiger partial charge in [-0.05, 0) is 29.8 Å². The van der Waals surface area contributed by atoms with Crippen LogP contribution in [0.5, 0.6) is 0 Å². The van der Waals surface area contributed by atoms with E-state index in [2.05, 4.69) is 10.3 Å². The molecular formula is C20H17N3O4. The van der Waals surface area contributed by atoms with E-state index in [9.17, 15) is 14.4 Å². The molecule has 2 aromatic heterocycles. The van der Waals surface area contributed by atoms with Crippen molar-refractivity contribution in [3.8, 4) is 16.9 Å². The van der Waals surface area contributed by atoms with Crippen molar-refractivity contribution in [1.82, 2.24) is 9.55 Å². The molecule has 0 atom stereocenters. The molecule has 7 heteroatoms. The van der Waals surface area contributed by atoms with E-state index in [-0.39, 0.29) is 11.5 Å². The van der Waals surface area contributed by atoms with Crippen LogP contribution in [0, 0.1) is 0 Å². The van der Waals surface area contributed by atoms with E-state index in [1.54, 1.807) is 47.3 Å². The lowest BCUT2D eigenvalue weighted by atomic mass is 10.1. The van der Waals surface area contributed by atoms with E-state index in [0.717, 1.165) is 5.56 Å². The van der Waals surface area contributed by atoms with Crippen LogP contribution in [0.2, 0.25) is 0 Å². The Morgan fingerprint density at radius 2 is 1.89 bits per heavy atom. The van der Waals surface area contributed by atoms with Crippen LogP contribution in [0.4, 0.5) is 5.69 Å². The Morgan fingerprint density at radius 1 is 1.15 bits per heavy atom. The summed E-state index contributed by atoms with van der Waals surface area (Å²) in [4.78, 5) is 39.6. The SMILES string of the molecule is COC(=O)c1cn(-c2cccnc2)c(-c2ccc(NC(C)=O)cc2)cc1=O. The largest absolute Gasteiger partial charge is 0.465 e. The first-order chi connectivity index (χ1) is 13.0. The van der Waals surface area contributed by atoms with E-state index in [1.807, 2.05) is 6.07 Å². The summed E-state index contributed by atoms with van der Waals surface area (Å²) in [6.07, 6.45) is 4.71. The number of benzene rings is 1. The molecule has 0 aliphatic rings. The highest BCUT2D eigenvalue weighted by molar-refractivity contribution is 5.90. The predicted molar refractivity (Wildman–Crippen MR) is 101 cm³/mol. The van der Waals surface area contributed by atoms with Crippen LogP contribution >= 0.6 is 0 Å². The minimum atomic E-state index is -0.704. The van der Waals surface area contributed by atoms with Crippen LogP contribution in [0.15, 0.2) is 65.8 Å². The van der Waals surface area contributed by atoms with E-state index < -0.39 is 11.4 Å². The average molecular weight is 363 g/mol. The number of amides is 1. The highest BCUT2D eigenvalue weighted by Gasteiger charge is 2.16. The number of ether oxygens (including phenoxy) is 1. The zero-order chi connectivity index (χ0) is 19.4. The van der Waals surface area contributed by atoms with Crippen LogP contribution < -0.4 is 10.7 Å². The molecule has 0 unspecified atom stereocenters. The lowest BCUT2D eigenvalue weighted by Crippen LogP contribution is -2.19. The zero-order valence-electron chi connectivity index (χ0n) is 14.8. The van der Waals surface area contributed by atoms with Gasteiger partial charge in [0, 0.05) is 31.1 Å². The number of esters is 1. The van der Waals surface area contributed by atoms with Crippen molar-refractivity contribution in [1.29, 1.82) is 0 Å². The maximum atomic E-state index is 12.4. The first-order valence-corrected chi connectivity index (χ1v) is 8.13. The Bertz CT molecular complexity index is 1040. The van der Waals surface area contributed by atoms with Gasteiger partial charge in [-0.3, -0.25) is 14.6 Å². The van der Waals surface area contributed by atoms with Crippen molar-refractivity contribution >= 4 is 17.6 Å². The molecule has 136 valence electrons. The number of hydrogen-bond donors (Lipinski definition) is 1.